The summed E-state index contributed by atoms with van der Waals surface area (Å²) in [6.07, 6.45) is -3.10. The molecule has 21 heavy (non-hydrogen) atoms. The van der Waals surface area contributed by atoms with Crippen molar-refractivity contribution >= 4 is 0 Å². The molecule has 1 heterocycles. The molecule has 0 aliphatic carbocycles. The van der Waals surface area contributed by atoms with Crippen LogP contribution in [0.25, 0.3) is 0 Å². The third-order valence-corrected chi connectivity index (χ3v) is 3.71. The highest BCUT2D eigenvalue weighted by molar-refractivity contribution is 5.23. The van der Waals surface area contributed by atoms with Gasteiger partial charge in [-0.2, -0.15) is 13.2 Å². The third kappa shape index (κ3) is 3.83. The van der Waals surface area contributed by atoms with Crippen LogP contribution in [-0.4, -0.2) is 30.2 Å². The van der Waals surface area contributed by atoms with Crippen LogP contribution in [0.3, 0.4) is 0 Å². The molecule has 2 N–H and O–H groups in total. The summed E-state index contributed by atoms with van der Waals surface area (Å²) in [4.78, 5) is 1.90. The normalized spacial score (nSPS) is 20.0. The van der Waals surface area contributed by atoms with Crippen molar-refractivity contribution in [2.24, 2.45) is 5.73 Å². The highest BCUT2D eigenvalue weighted by atomic mass is 19.4. The summed E-state index contributed by atoms with van der Waals surface area (Å²) in [6, 6.07) is 5.45. The van der Waals surface area contributed by atoms with E-state index in [9.17, 15) is 17.6 Å². The van der Waals surface area contributed by atoms with E-state index in [0.717, 1.165) is 5.56 Å². The largest absolute Gasteiger partial charge is 0.412 e. The lowest BCUT2D eigenvalue weighted by molar-refractivity contribution is -0.0965. The van der Waals surface area contributed by atoms with Crippen molar-refractivity contribution in [1.29, 1.82) is 0 Å². The van der Waals surface area contributed by atoms with Gasteiger partial charge in [-0.1, -0.05) is 18.2 Å². The summed E-state index contributed by atoms with van der Waals surface area (Å²) in [5.41, 5.74) is 6.31. The SMILES string of the molecule is CC(N)C(c1ccc(F)cc1)N1CC=C(C(F)(F)F)CC1. The Labute approximate surface area is 121 Å². The van der Waals surface area contributed by atoms with E-state index < -0.39 is 11.7 Å². The van der Waals surface area contributed by atoms with Crippen LogP contribution < -0.4 is 5.73 Å². The van der Waals surface area contributed by atoms with Gasteiger partial charge >= 0.3 is 6.18 Å². The molecule has 1 aromatic rings. The Balaban J connectivity index is 2.18. The summed E-state index contributed by atoms with van der Waals surface area (Å²) >= 11 is 0. The summed E-state index contributed by atoms with van der Waals surface area (Å²) in [5, 5.41) is 0. The molecule has 0 aromatic heterocycles. The van der Waals surface area contributed by atoms with E-state index in [1.54, 1.807) is 19.1 Å². The van der Waals surface area contributed by atoms with E-state index in [0.29, 0.717) is 0 Å². The first-order valence-electron chi connectivity index (χ1n) is 6.80. The monoisotopic (exact) mass is 302 g/mol. The molecule has 6 heteroatoms. The molecule has 0 amide bonds. The van der Waals surface area contributed by atoms with Gasteiger partial charge in [-0.3, -0.25) is 4.90 Å². The number of rotatable bonds is 3. The second-order valence-corrected chi connectivity index (χ2v) is 5.33. The molecule has 116 valence electrons. The minimum absolute atomic E-state index is 0.0477. The van der Waals surface area contributed by atoms with Crippen LogP contribution in [0.15, 0.2) is 35.9 Å². The van der Waals surface area contributed by atoms with Crippen molar-refractivity contribution in [3.63, 3.8) is 0 Å². The van der Waals surface area contributed by atoms with E-state index in [4.69, 9.17) is 5.73 Å². The maximum absolute atomic E-state index is 13.0. The predicted octanol–water partition coefficient (Wildman–Crippen LogP) is 3.41. The lowest BCUT2D eigenvalue weighted by Crippen LogP contribution is -2.42. The molecule has 0 fully saturated rings. The molecule has 2 unspecified atom stereocenters. The van der Waals surface area contributed by atoms with E-state index in [-0.39, 0.29) is 37.4 Å². The minimum Gasteiger partial charge on any atom is -0.326 e. The first kappa shape index (κ1) is 16.0. The number of alkyl halides is 3. The first-order valence-corrected chi connectivity index (χ1v) is 6.80. The topological polar surface area (TPSA) is 29.3 Å². The fourth-order valence-corrected chi connectivity index (χ4v) is 2.70. The Bertz CT molecular complexity index is 505. The molecule has 1 aliphatic rings. The van der Waals surface area contributed by atoms with Crippen molar-refractivity contribution in [3.05, 3.63) is 47.3 Å². The molecule has 0 saturated carbocycles. The first-order chi connectivity index (χ1) is 9.79. The van der Waals surface area contributed by atoms with Crippen molar-refractivity contribution in [1.82, 2.24) is 4.90 Å². The molecule has 1 aliphatic heterocycles. The maximum atomic E-state index is 13.0. The van der Waals surface area contributed by atoms with E-state index in [2.05, 4.69) is 0 Å². The number of hydrogen-bond acceptors (Lipinski definition) is 2. The van der Waals surface area contributed by atoms with Crippen LogP contribution in [0.5, 0.6) is 0 Å². The Morgan fingerprint density at radius 2 is 1.81 bits per heavy atom. The number of halogens is 4. The summed E-state index contributed by atoms with van der Waals surface area (Å²) in [5.74, 6) is -0.347. The molecule has 1 aromatic carbocycles. The second kappa shape index (κ2) is 6.15. The molecule has 2 atom stereocenters. The van der Waals surface area contributed by atoms with Crippen molar-refractivity contribution in [2.75, 3.05) is 13.1 Å². The van der Waals surface area contributed by atoms with Crippen molar-refractivity contribution < 1.29 is 17.6 Å². The zero-order valence-corrected chi connectivity index (χ0v) is 11.7. The van der Waals surface area contributed by atoms with Gasteiger partial charge < -0.3 is 5.73 Å². The van der Waals surface area contributed by atoms with Gasteiger partial charge in [0, 0.05) is 30.7 Å². The Morgan fingerprint density at radius 3 is 2.24 bits per heavy atom. The zero-order chi connectivity index (χ0) is 15.6. The highest BCUT2D eigenvalue weighted by Crippen LogP contribution is 2.33. The molecule has 0 bridgehead atoms. The average Bonchev–Trinajstić information content (AvgIpc) is 2.40. The van der Waals surface area contributed by atoms with Gasteiger partial charge in [-0.15, -0.1) is 0 Å². The Kier molecular flexibility index (Phi) is 4.68. The van der Waals surface area contributed by atoms with Gasteiger partial charge in [-0.05, 0) is 31.0 Å². The van der Waals surface area contributed by atoms with E-state index in [1.807, 2.05) is 4.90 Å². The van der Waals surface area contributed by atoms with Crippen molar-refractivity contribution in [3.8, 4) is 0 Å². The summed E-state index contributed by atoms with van der Waals surface area (Å²) in [7, 11) is 0. The molecule has 2 rings (SSSR count). The fraction of sp³-hybridized carbons (Fsp3) is 0.467. The maximum Gasteiger partial charge on any atom is 0.412 e. The molecule has 0 spiro atoms. The van der Waals surface area contributed by atoms with Crippen LogP contribution >= 0.6 is 0 Å². The molecule has 0 saturated heterocycles. The van der Waals surface area contributed by atoms with Crippen LogP contribution in [0.2, 0.25) is 0 Å². The van der Waals surface area contributed by atoms with Gasteiger partial charge in [0.15, 0.2) is 0 Å². The second-order valence-electron chi connectivity index (χ2n) is 5.33. The minimum atomic E-state index is -4.26. The predicted molar refractivity (Wildman–Crippen MR) is 73.1 cm³/mol. The average molecular weight is 302 g/mol. The van der Waals surface area contributed by atoms with Gasteiger partial charge in [0.25, 0.3) is 0 Å². The number of nitrogens with two attached hydrogens (primary N) is 1. The smallest absolute Gasteiger partial charge is 0.326 e. The number of benzene rings is 1. The number of hydrogen-bond donors (Lipinski definition) is 1. The molecular weight excluding hydrogens is 284 g/mol. The van der Waals surface area contributed by atoms with Crippen LogP contribution in [0.4, 0.5) is 17.6 Å². The summed E-state index contributed by atoms with van der Waals surface area (Å²) < 4.78 is 50.9. The number of nitrogens with zero attached hydrogens (tertiary/aromatic N) is 1. The Morgan fingerprint density at radius 1 is 1.19 bits per heavy atom. The molecular formula is C15H18F4N2. The highest BCUT2D eigenvalue weighted by Gasteiger charge is 2.36. The molecule has 2 nitrogen and oxygen atoms in total. The van der Waals surface area contributed by atoms with Gasteiger partial charge in [-0.25, -0.2) is 4.39 Å². The lowest BCUT2D eigenvalue weighted by Gasteiger charge is -2.36. The molecule has 0 radical (unpaired) electrons. The quantitative estimate of drug-likeness (QED) is 0.685. The fourth-order valence-electron chi connectivity index (χ4n) is 2.70. The standard InChI is InChI=1S/C15H18F4N2/c1-10(20)14(11-2-4-13(16)5-3-11)21-8-6-12(7-9-21)15(17,18)19/h2-6,10,14H,7-9,20H2,1H3. The van der Waals surface area contributed by atoms with Gasteiger partial charge in [0.1, 0.15) is 5.82 Å². The van der Waals surface area contributed by atoms with Gasteiger partial charge in [0.2, 0.25) is 0 Å². The van der Waals surface area contributed by atoms with E-state index in [1.165, 1.54) is 18.2 Å². The lowest BCUT2D eigenvalue weighted by atomic mass is 9.96. The zero-order valence-electron chi connectivity index (χ0n) is 11.7. The van der Waals surface area contributed by atoms with Crippen LogP contribution in [0, 0.1) is 5.82 Å². The summed E-state index contributed by atoms with van der Waals surface area (Å²) in [6.45, 7) is 2.28. The van der Waals surface area contributed by atoms with Crippen LogP contribution in [-0.2, 0) is 0 Å². The van der Waals surface area contributed by atoms with Gasteiger partial charge in [0.05, 0.1) is 0 Å². The van der Waals surface area contributed by atoms with Crippen molar-refractivity contribution in [2.45, 2.75) is 31.6 Å². The van der Waals surface area contributed by atoms with E-state index >= 15 is 0 Å². The third-order valence-electron chi connectivity index (χ3n) is 3.71. The van der Waals surface area contributed by atoms with Crippen LogP contribution in [0.1, 0.15) is 24.9 Å². The Hall–Kier alpha value is -1.40.